The van der Waals surface area contributed by atoms with Gasteiger partial charge in [-0.3, -0.25) is 14.6 Å². The molecule has 2 rings (SSSR count). The summed E-state index contributed by atoms with van der Waals surface area (Å²) in [5.41, 5.74) is 1.72. The zero-order valence-corrected chi connectivity index (χ0v) is 14.2. The molecule has 0 aliphatic heterocycles. The first-order valence-electron chi connectivity index (χ1n) is 7.82. The second-order valence-corrected chi connectivity index (χ2v) is 5.69. The molecular formula is C16H23N5O2. The van der Waals surface area contributed by atoms with Gasteiger partial charge in [0.25, 0.3) is 5.56 Å². The van der Waals surface area contributed by atoms with Crippen LogP contribution in [0.4, 0.5) is 5.82 Å². The van der Waals surface area contributed by atoms with E-state index >= 15 is 0 Å². The SMILES string of the molecule is CCC(CC)C(=O)Nc1cc(C)nn1-c1nc(C)c(C)c(=O)[nH]1. The molecule has 0 aromatic carbocycles. The van der Waals surface area contributed by atoms with Crippen molar-refractivity contribution in [3.05, 3.63) is 33.4 Å². The molecule has 0 aliphatic rings. The molecule has 0 unspecified atom stereocenters. The lowest BCUT2D eigenvalue weighted by Gasteiger charge is -2.13. The number of hydrogen-bond acceptors (Lipinski definition) is 4. The second-order valence-electron chi connectivity index (χ2n) is 5.69. The largest absolute Gasteiger partial charge is 0.310 e. The predicted molar refractivity (Wildman–Crippen MR) is 88.9 cm³/mol. The number of aromatic nitrogens is 4. The Balaban J connectivity index is 2.42. The van der Waals surface area contributed by atoms with E-state index in [4.69, 9.17) is 0 Å². The first-order valence-corrected chi connectivity index (χ1v) is 7.82. The van der Waals surface area contributed by atoms with Crippen LogP contribution in [0.3, 0.4) is 0 Å². The maximum absolute atomic E-state index is 12.3. The number of anilines is 1. The molecule has 23 heavy (non-hydrogen) atoms. The lowest BCUT2D eigenvalue weighted by Crippen LogP contribution is -2.24. The van der Waals surface area contributed by atoms with E-state index in [1.807, 2.05) is 20.8 Å². The highest BCUT2D eigenvalue weighted by atomic mass is 16.2. The number of carbonyl (C=O) groups excluding carboxylic acids is 1. The summed E-state index contributed by atoms with van der Waals surface area (Å²) in [7, 11) is 0. The van der Waals surface area contributed by atoms with Crippen molar-refractivity contribution in [1.82, 2.24) is 19.7 Å². The standard InChI is InChI=1S/C16H23N5O2/c1-6-12(7-2)15(23)18-13-8-9(3)20-21(13)16-17-11(5)10(4)14(22)19-16/h8,12H,6-7H2,1-5H3,(H,18,23)(H,17,19,22). The van der Waals surface area contributed by atoms with Crippen LogP contribution in [0.1, 0.15) is 43.6 Å². The molecule has 2 heterocycles. The molecule has 0 saturated heterocycles. The van der Waals surface area contributed by atoms with Gasteiger partial charge in [0.05, 0.1) is 5.69 Å². The van der Waals surface area contributed by atoms with Crippen LogP contribution in [0.5, 0.6) is 0 Å². The molecular weight excluding hydrogens is 294 g/mol. The second kappa shape index (κ2) is 6.76. The summed E-state index contributed by atoms with van der Waals surface area (Å²) in [5, 5.41) is 7.21. The fraction of sp³-hybridized carbons (Fsp3) is 0.500. The van der Waals surface area contributed by atoms with Gasteiger partial charge in [0.1, 0.15) is 5.82 Å². The summed E-state index contributed by atoms with van der Waals surface area (Å²) in [6.45, 7) is 9.28. The molecule has 0 radical (unpaired) electrons. The van der Waals surface area contributed by atoms with Crippen molar-refractivity contribution >= 4 is 11.7 Å². The lowest BCUT2D eigenvalue weighted by molar-refractivity contribution is -0.120. The molecule has 0 atom stereocenters. The van der Waals surface area contributed by atoms with Gasteiger partial charge in [-0.15, -0.1) is 0 Å². The molecule has 7 nitrogen and oxygen atoms in total. The van der Waals surface area contributed by atoms with Gasteiger partial charge >= 0.3 is 0 Å². The first kappa shape index (κ1) is 16.9. The predicted octanol–water partition coefficient (Wildman–Crippen LogP) is 2.26. The van der Waals surface area contributed by atoms with Crippen molar-refractivity contribution in [2.45, 2.75) is 47.5 Å². The minimum atomic E-state index is -0.210. The van der Waals surface area contributed by atoms with Crippen molar-refractivity contribution in [3.8, 4) is 5.95 Å². The van der Waals surface area contributed by atoms with E-state index in [1.54, 1.807) is 19.9 Å². The highest BCUT2D eigenvalue weighted by Crippen LogP contribution is 2.17. The quantitative estimate of drug-likeness (QED) is 0.884. The Morgan fingerprint density at radius 1 is 1.30 bits per heavy atom. The molecule has 0 saturated carbocycles. The summed E-state index contributed by atoms with van der Waals surface area (Å²) >= 11 is 0. The van der Waals surface area contributed by atoms with Gasteiger partial charge in [-0.25, -0.2) is 4.98 Å². The summed E-state index contributed by atoms with van der Waals surface area (Å²) in [6.07, 6.45) is 1.54. The molecule has 1 amide bonds. The summed E-state index contributed by atoms with van der Waals surface area (Å²) < 4.78 is 1.46. The Labute approximate surface area is 135 Å². The molecule has 0 spiro atoms. The number of nitrogens with one attached hydrogen (secondary N) is 2. The molecule has 0 fully saturated rings. The van der Waals surface area contributed by atoms with E-state index in [2.05, 4.69) is 20.4 Å². The fourth-order valence-electron chi connectivity index (χ4n) is 2.37. The van der Waals surface area contributed by atoms with Crippen LogP contribution < -0.4 is 10.9 Å². The minimum Gasteiger partial charge on any atom is -0.310 e. The van der Waals surface area contributed by atoms with Crippen LogP contribution in [-0.4, -0.2) is 25.7 Å². The van der Waals surface area contributed by atoms with Gasteiger partial charge in [-0.05, 0) is 33.6 Å². The van der Waals surface area contributed by atoms with Crippen LogP contribution in [0.25, 0.3) is 5.95 Å². The van der Waals surface area contributed by atoms with Gasteiger partial charge in [-0.2, -0.15) is 9.78 Å². The molecule has 7 heteroatoms. The summed E-state index contributed by atoms with van der Waals surface area (Å²) in [4.78, 5) is 31.3. The van der Waals surface area contributed by atoms with Crippen LogP contribution in [0.15, 0.2) is 10.9 Å². The van der Waals surface area contributed by atoms with Gasteiger partial charge in [0.15, 0.2) is 0 Å². The topological polar surface area (TPSA) is 92.7 Å². The van der Waals surface area contributed by atoms with Crippen molar-refractivity contribution in [1.29, 1.82) is 0 Å². The van der Waals surface area contributed by atoms with E-state index in [9.17, 15) is 9.59 Å². The van der Waals surface area contributed by atoms with Crippen molar-refractivity contribution in [3.63, 3.8) is 0 Å². The zero-order valence-electron chi connectivity index (χ0n) is 14.2. The van der Waals surface area contributed by atoms with Crippen LogP contribution in [-0.2, 0) is 4.79 Å². The number of nitrogens with zero attached hydrogens (tertiary/aromatic N) is 3. The molecule has 0 bridgehead atoms. The lowest BCUT2D eigenvalue weighted by atomic mass is 10.0. The average Bonchev–Trinajstić information content (AvgIpc) is 2.86. The molecule has 124 valence electrons. The number of amides is 1. The summed E-state index contributed by atoms with van der Waals surface area (Å²) in [5.74, 6) is 0.699. The Bertz CT molecular complexity index is 771. The zero-order chi connectivity index (χ0) is 17.1. The number of rotatable bonds is 5. The van der Waals surface area contributed by atoms with Crippen LogP contribution in [0.2, 0.25) is 0 Å². The van der Waals surface area contributed by atoms with E-state index in [0.29, 0.717) is 23.0 Å². The number of H-pyrrole nitrogens is 1. The van der Waals surface area contributed by atoms with E-state index in [-0.39, 0.29) is 17.4 Å². The van der Waals surface area contributed by atoms with Gasteiger partial charge in [0, 0.05) is 23.2 Å². The Hall–Kier alpha value is -2.44. The third kappa shape index (κ3) is 3.49. The summed E-state index contributed by atoms with van der Waals surface area (Å²) in [6, 6.07) is 1.76. The number of aryl methyl sites for hydroxylation is 2. The van der Waals surface area contributed by atoms with Crippen molar-refractivity contribution < 1.29 is 4.79 Å². The van der Waals surface area contributed by atoms with Gasteiger partial charge in [0.2, 0.25) is 11.9 Å². The van der Waals surface area contributed by atoms with Crippen molar-refractivity contribution in [2.24, 2.45) is 5.92 Å². The average molecular weight is 317 g/mol. The maximum atomic E-state index is 12.3. The number of aromatic amines is 1. The third-order valence-electron chi connectivity index (χ3n) is 4.02. The molecule has 0 aliphatic carbocycles. The monoisotopic (exact) mass is 317 g/mol. The number of carbonyl (C=O) groups is 1. The van der Waals surface area contributed by atoms with Crippen LogP contribution >= 0.6 is 0 Å². The highest BCUT2D eigenvalue weighted by Gasteiger charge is 2.18. The third-order valence-corrected chi connectivity index (χ3v) is 4.02. The van der Waals surface area contributed by atoms with E-state index < -0.39 is 0 Å². The molecule has 2 N–H and O–H groups in total. The van der Waals surface area contributed by atoms with Gasteiger partial charge < -0.3 is 5.32 Å². The highest BCUT2D eigenvalue weighted by molar-refractivity contribution is 5.91. The molecule has 2 aromatic heterocycles. The Kier molecular flexibility index (Phi) is 4.98. The van der Waals surface area contributed by atoms with E-state index in [0.717, 1.165) is 18.5 Å². The fourth-order valence-corrected chi connectivity index (χ4v) is 2.37. The Morgan fingerprint density at radius 3 is 2.52 bits per heavy atom. The smallest absolute Gasteiger partial charge is 0.255 e. The normalized spacial score (nSPS) is 11.0. The minimum absolute atomic E-state index is 0.0505. The maximum Gasteiger partial charge on any atom is 0.255 e. The Morgan fingerprint density at radius 2 is 1.96 bits per heavy atom. The van der Waals surface area contributed by atoms with E-state index in [1.165, 1.54) is 4.68 Å². The van der Waals surface area contributed by atoms with Crippen LogP contribution in [0, 0.1) is 26.7 Å². The van der Waals surface area contributed by atoms with Crippen molar-refractivity contribution in [2.75, 3.05) is 5.32 Å². The first-order chi connectivity index (χ1) is 10.9. The number of hydrogen-bond donors (Lipinski definition) is 2. The van der Waals surface area contributed by atoms with Gasteiger partial charge in [-0.1, -0.05) is 13.8 Å². The molecule has 2 aromatic rings.